The fraction of sp³-hybridized carbons (Fsp3) is 0.458. The summed E-state index contributed by atoms with van der Waals surface area (Å²) < 4.78 is 8.00. The molecule has 0 unspecified atom stereocenters. The third-order valence-electron chi connectivity index (χ3n) is 7.00. The molecule has 0 bridgehead atoms. The Morgan fingerprint density at radius 3 is 2.83 bits per heavy atom. The smallest absolute Gasteiger partial charge is 0.294 e. The molecule has 5 heterocycles. The Labute approximate surface area is 211 Å². The topological polar surface area (TPSA) is 114 Å². The summed E-state index contributed by atoms with van der Waals surface area (Å²) >= 11 is 3.38. The highest BCUT2D eigenvalue weighted by atomic mass is 79.9. The molecule has 11 heteroatoms. The minimum atomic E-state index is -0.432. The summed E-state index contributed by atoms with van der Waals surface area (Å²) in [5, 5.41) is 13.9. The van der Waals surface area contributed by atoms with Gasteiger partial charge in [-0.15, -0.1) is 10.2 Å². The molecule has 0 aromatic carbocycles. The van der Waals surface area contributed by atoms with Gasteiger partial charge in [0.1, 0.15) is 0 Å². The second kappa shape index (κ2) is 10.00. The van der Waals surface area contributed by atoms with Crippen molar-refractivity contribution in [1.82, 2.24) is 29.8 Å². The van der Waals surface area contributed by atoms with Crippen LogP contribution in [0.2, 0.25) is 0 Å². The molecule has 184 valence electrons. The summed E-state index contributed by atoms with van der Waals surface area (Å²) in [4.78, 5) is 32.5. The van der Waals surface area contributed by atoms with Gasteiger partial charge in [0, 0.05) is 48.7 Å². The minimum Gasteiger partial charge on any atom is -0.381 e. The fourth-order valence-corrected chi connectivity index (χ4v) is 5.37. The molecule has 2 saturated heterocycles. The largest absolute Gasteiger partial charge is 0.381 e. The van der Waals surface area contributed by atoms with E-state index in [1.54, 1.807) is 35.7 Å². The molecule has 2 aliphatic heterocycles. The number of rotatable bonds is 6. The van der Waals surface area contributed by atoms with Crippen molar-refractivity contribution >= 4 is 39.1 Å². The number of hydrogen-bond donors (Lipinski definition) is 2. The molecular weight excluding hydrogens is 514 g/mol. The number of carbonyl (C=O) groups is 2. The monoisotopic (exact) mass is 541 g/mol. The van der Waals surface area contributed by atoms with Gasteiger partial charge in [0.25, 0.3) is 11.8 Å². The molecule has 0 atom stereocenters. The van der Waals surface area contributed by atoms with E-state index in [9.17, 15) is 9.59 Å². The predicted octanol–water partition coefficient (Wildman–Crippen LogP) is 2.82. The normalized spacial score (nSPS) is 17.7. The van der Waals surface area contributed by atoms with Gasteiger partial charge in [0.2, 0.25) is 5.82 Å². The van der Waals surface area contributed by atoms with E-state index in [1.165, 1.54) is 19.0 Å². The number of anilines is 1. The van der Waals surface area contributed by atoms with Gasteiger partial charge in [-0.05, 0) is 57.4 Å². The number of aryl methyl sites for hydroxylation is 1. The average Bonchev–Trinajstić information content (AvgIpc) is 3.44. The van der Waals surface area contributed by atoms with Crippen molar-refractivity contribution < 1.29 is 14.3 Å². The van der Waals surface area contributed by atoms with Gasteiger partial charge in [0.15, 0.2) is 5.65 Å². The fourth-order valence-electron chi connectivity index (χ4n) is 5.05. The van der Waals surface area contributed by atoms with Crippen LogP contribution in [0.1, 0.15) is 52.4 Å². The van der Waals surface area contributed by atoms with Crippen LogP contribution in [0, 0.1) is 6.92 Å². The number of nitrogens with zero attached hydrogens (tertiary/aromatic N) is 5. The molecule has 0 saturated carbocycles. The lowest BCUT2D eigenvalue weighted by atomic mass is 9.87. The first-order valence-electron chi connectivity index (χ1n) is 11.8. The highest BCUT2D eigenvalue weighted by Crippen LogP contribution is 2.37. The molecule has 1 spiro atoms. The summed E-state index contributed by atoms with van der Waals surface area (Å²) in [6, 6.07) is 5.22. The lowest BCUT2D eigenvalue weighted by molar-refractivity contribution is -0.00743. The van der Waals surface area contributed by atoms with Crippen molar-refractivity contribution in [2.45, 2.75) is 38.1 Å². The van der Waals surface area contributed by atoms with Crippen molar-refractivity contribution in [1.29, 1.82) is 0 Å². The maximum atomic E-state index is 12.9. The molecule has 5 rings (SSSR count). The second-order valence-corrected chi connectivity index (χ2v) is 10.0. The Bertz CT molecular complexity index is 1260. The second-order valence-electron chi connectivity index (χ2n) is 9.09. The number of ether oxygens (including phenoxy) is 1. The Hall–Kier alpha value is -2.89. The number of aromatic nitrogens is 4. The first-order valence-corrected chi connectivity index (χ1v) is 12.6. The van der Waals surface area contributed by atoms with Gasteiger partial charge in [0.05, 0.1) is 16.9 Å². The zero-order chi connectivity index (χ0) is 24.4. The van der Waals surface area contributed by atoms with Crippen LogP contribution in [0.4, 0.5) is 5.69 Å². The van der Waals surface area contributed by atoms with Gasteiger partial charge in [-0.1, -0.05) is 15.9 Å². The highest BCUT2D eigenvalue weighted by molar-refractivity contribution is 9.10. The Kier molecular flexibility index (Phi) is 6.81. The molecule has 3 aromatic heterocycles. The zero-order valence-corrected chi connectivity index (χ0v) is 21.2. The van der Waals surface area contributed by atoms with Gasteiger partial charge < -0.3 is 15.4 Å². The summed E-state index contributed by atoms with van der Waals surface area (Å²) in [7, 11) is 0. The average molecular weight is 542 g/mol. The maximum Gasteiger partial charge on any atom is 0.294 e. The van der Waals surface area contributed by atoms with E-state index in [0.29, 0.717) is 29.1 Å². The number of likely N-dealkylation sites (tertiary alicyclic amines) is 1. The van der Waals surface area contributed by atoms with Crippen LogP contribution in [-0.4, -0.2) is 74.7 Å². The standard InChI is InChI=1S/C24H28BrN7O3/c1-16-19(28-23(34)21-30-29-20-14-18(25)3-9-32(20)21)13-17(15-27-16)22(33)26-7-10-31-8-2-4-24(31)5-11-35-12-6-24/h3,9,13-15H,2,4-8,10-12H2,1H3,(H,26,33)(H,28,34). The van der Waals surface area contributed by atoms with Gasteiger partial charge in [-0.2, -0.15) is 0 Å². The van der Waals surface area contributed by atoms with Crippen LogP contribution >= 0.6 is 15.9 Å². The van der Waals surface area contributed by atoms with Crippen LogP contribution in [0.15, 0.2) is 35.1 Å². The van der Waals surface area contributed by atoms with Crippen molar-refractivity contribution in [2.24, 2.45) is 0 Å². The van der Waals surface area contributed by atoms with Crippen LogP contribution in [0.25, 0.3) is 5.65 Å². The molecule has 10 nitrogen and oxygen atoms in total. The first kappa shape index (κ1) is 23.8. The zero-order valence-electron chi connectivity index (χ0n) is 19.6. The van der Waals surface area contributed by atoms with Crippen LogP contribution in [0.3, 0.4) is 0 Å². The number of fused-ring (bicyclic) bond motifs is 1. The number of carbonyl (C=O) groups excluding carboxylic acids is 2. The lowest BCUT2D eigenvalue weighted by Gasteiger charge is -2.41. The Morgan fingerprint density at radius 2 is 2.00 bits per heavy atom. The third-order valence-corrected chi connectivity index (χ3v) is 7.50. The first-order chi connectivity index (χ1) is 16.9. The molecular formula is C24H28BrN7O3. The van der Waals surface area contributed by atoms with E-state index in [4.69, 9.17) is 4.74 Å². The van der Waals surface area contributed by atoms with E-state index in [-0.39, 0.29) is 17.3 Å². The van der Waals surface area contributed by atoms with Crippen molar-refractivity contribution in [3.05, 3.63) is 52.1 Å². The SMILES string of the molecule is Cc1ncc(C(=O)NCCN2CCCC23CCOCC3)cc1NC(=O)c1nnc2cc(Br)ccn12. The third kappa shape index (κ3) is 4.93. The van der Waals surface area contributed by atoms with Crippen LogP contribution < -0.4 is 10.6 Å². The molecule has 0 radical (unpaired) electrons. The molecule has 3 aromatic rings. The van der Waals surface area contributed by atoms with Gasteiger partial charge in [-0.25, -0.2) is 0 Å². The van der Waals surface area contributed by atoms with Gasteiger partial charge in [-0.3, -0.25) is 23.9 Å². The van der Waals surface area contributed by atoms with Crippen LogP contribution in [-0.2, 0) is 4.74 Å². The minimum absolute atomic E-state index is 0.148. The number of pyridine rings is 2. The molecule has 0 aliphatic carbocycles. The van der Waals surface area contributed by atoms with Gasteiger partial charge >= 0.3 is 0 Å². The van der Waals surface area contributed by atoms with E-state index in [2.05, 4.69) is 46.6 Å². The Morgan fingerprint density at radius 1 is 1.17 bits per heavy atom. The number of nitrogens with one attached hydrogen (secondary N) is 2. The number of halogens is 1. The quantitative estimate of drug-likeness (QED) is 0.493. The molecule has 2 fully saturated rings. The molecule has 35 heavy (non-hydrogen) atoms. The molecule has 2 aliphatic rings. The summed E-state index contributed by atoms with van der Waals surface area (Å²) in [6.07, 6.45) is 7.76. The lowest BCUT2D eigenvalue weighted by Crippen LogP contribution is -2.50. The maximum absolute atomic E-state index is 12.9. The Balaban J connectivity index is 1.22. The highest BCUT2D eigenvalue weighted by Gasteiger charge is 2.41. The van der Waals surface area contributed by atoms with E-state index >= 15 is 0 Å². The van der Waals surface area contributed by atoms with E-state index < -0.39 is 5.91 Å². The number of hydrogen-bond acceptors (Lipinski definition) is 7. The van der Waals surface area contributed by atoms with Crippen molar-refractivity contribution in [3.63, 3.8) is 0 Å². The van der Waals surface area contributed by atoms with Crippen molar-refractivity contribution in [3.8, 4) is 0 Å². The summed E-state index contributed by atoms with van der Waals surface area (Å²) in [5.41, 5.74) is 2.23. The number of amides is 2. The molecule has 2 N–H and O–H groups in total. The van der Waals surface area contributed by atoms with E-state index in [0.717, 1.165) is 43.6 Å². The van der Waals surface area contributed by atoms with Crippen molar-refractivity contribution in [2.75, 3.05) is 38.2 Å². The molecule has 2 amide bonds. The predicted molar refractivity (Wildman–Crippen MR) is 134 cm³/mol. The summed E-state index contributed by atoms with van der Waals surface area (Å²) in [5.74, 6) is -0.501. The van der Waals surface area contributed by atoms with E-state index in [1.807, 2.05) is 0 Å². The van der Waals surface area contributed by atoms with Crippen LogP contribution in [0.5, 0.6) is 0 Å². The summed E-state index contributed by atoms with van der Waals surface area (Å²) in [6.45, 7) is 5.83.